The van der Waals surface area contributed by atoms with Crippen LogP contribution in [0.3, 0.4) is 0 Å². The van der Waals surface area contributed by atoms with E-state index in [2.05, 4.69) is 20.6 Å². The Bertz CT molecular complexity index is 771. The fourth-order valence-electron chi connectivity index (χ4n) is 2.19. The van der Waals surface area contributed by atoms with Crippen LogP contribution in [0.4, 0.5) is 5.13 Å². The summed E-state index contributed by atoms with van der Waals surface area (Å²) in [5.41, 5.74) is 1.89. The van der Waals surface area contributed by atoms with Gasteiger partial charge in [0, 0.05) is 12.1 Å². The normalized spacial score (nSPS) is 14.5. The fraction of sp³-hybridized carbons (Fsp3) is 0.286. The van der Waals surface area contributed by atoms with Crippen LogP contribution in [0.15, 0.2) is 30.5 Å². The zero-order chi connectivity index (χ0) is 14.2. The van der Waals surface area contributed by atoms with Crippen molar-refractivity contribution in [2.45, 2.75) is 25.3 Å². The highest BCUT2D eigenvalue weighted by atomic mass is 32.1. The number of carbonyl (C=O) groups is 1. The number of para-hydroxylation sites is 1. The molecule has 2 heterocycles. The molecule has 21 heavy (non-hydrogen) atoms. The maximum Gasteiger partial charge on any atom is 0.247 e. The van der Waals surface area contributed by atoms with Crippen LogP contribution in [0.5, 0.6) is 0 Å². The number of nitrogens with zero attached hydrogens (tertiary/aromatic N) is 4. The molecule has 1 aliphatic carbocycles. The Morgan fingerprint density at radius 3 is 3.05 bits per heavy atom. The average molecular weight is 299 g/mol. The summed E-state index contributed by atoms with van der Waals surface area (Å²) < 4.78 is 2.64. The van der Waals surface area contributed by atoms with Gasteiger partial charge in [0.2, 0.25) is 5.91 Å². The molecule has 0 bridgehead atoms. The Labute approximate surface area is 124 Å². The van der Waals surface area contributed by atoms with Gasteiger partial charge in [-0.15, -0.1) is 5.10 Å². The Morgan fingerprint density at radius 1 is 1.38 bits per heavy atom. The largest absolute Gasteiger partial charge is 0.300 e. The maximum atomic E-state index is 12.0. The molecule has 1 aliphatic rings. The molecule has 3 aromatic rings. The molecule has 6 nitrogen and oxygen atoms in total. The monoisotopic (exact) mass is 299 g/mol. The predicted octanol–water partition coefficient (Wildman–Crippen LogP) is 2.40. The zero-order valence-corrected chi connectivity index (χ0v) is 12.0. The van der Waals surface area contributed by atoms with Gasteiger partial charge in [0.1, 0.15) is 6.54 Å². The number of thiazole rings is 1. The molecule has 1 aromatic carbocycles. The molecule has 0 aliphatic heterocycles. The lowest BCUT2D eigenvalue weighted by Crippen LogP contribution is -2.19. The van der Waals surface area contributed by atoms with Crippen molar-refractivity contribution in [1.29, 1.82) is 0 Å². The van der Waals surface area contributed by atoms with Crippen molar-refractivity contribution in [3.8, 4) is 0 Å². The maximum absolute atomic E-state index is 12.0. The van der Waals surface area contributed by atoms with Gasteiger partial charge in [0.15, 0.2) is 5.13 Å². The number of amides is 1. The SMILES string of the molecule is O=C(Cn1cc(C2CC2)nn1)Nc1nc2ccccc2s1. The van der Waals surface area contributed by atoms with Crippen molar-refractivity contribution >= 4 is 32.6 Å². The highest BCUT2D eigenvalue weighted by Crippen LogP contribution is 2.38. The second-order valence-electron chi connectivity index (χ2n) is 5.15. The summed E-state index contributed by atoms with van der Waals surface area (Å²) in [5, 5.41) is 11.5. The molecular formula is C14H13N5OS. The standard InChI is InChI=1S/C14H13N5OS/c20-13(8-19-7-11(17-18-19)9-5-6-9)16-14-15-10-3-1-2-4-12(10)21-14/h1-4,7,9H,5-6,8H2,(H,15,16,20). The number of aromatic nitrogens is 4. The van der Waals surface area contributed by atoms with Gasteiger partial charge in [0.25, 0.3) is 0 Å². The topological polar surface area (TPSA) is 72.7 Å². The van der Waals surface area contributed by atoms with E-state index in [9.17, 15) is 4.79 Å². The van der Waals surface area contributed by atoms with Crippen molar-refractivity contribution in [1.82, 2.24) is 20.0 Å². The van der Waals surface area contributed by atoms with Crippen LogP contribution in [-0.4, -0.2) is 25.9 Å². The Morgan fingerprint density at radius 2 is 2.24 bits per heavy atom. The van der Waals surface area contributed by atoms with Gasteiger partial charge in [-0.25, -0.2) is 9.67 Å². The van der Waals surface area contributed by atoms with E-state index >= 15 is 0 Å². The molecule has 0 unspecified atom stereocenters. The zero-order valence-electron chi connectivity index (χ0n) is 11.2. The number of benzene rings is 1. The predicted molar refractivity (Wildman–Crippen MR) is 80.2 cm³/mol. The first kappa shape index (κ1) is 12.5. The van der Waals surface area contributed by atoms with Gasteiger partial charge in [-0.1, -0.05) is 28.7 Å². The van der Waals surface area contributed by atoms with Gasteiger partial charge >= 0.3 is 0 Å². The highest BCUT2D eigenvalue weighted by molar-refractivity contribution is 7.22. The minimum absolute atomic E-state index is 0.138. The van der Waals surface area contributed by atoms with Crippen LogP contribution in [0.2, 0.25) is 0 Å². The molecule has 4 rings (SSSR count). The second-order valence-corrected chi connectivity index (χ2v) is 6.18. The van der Waals surface area contributed by atoms with Gasteiger partial charge in [-0.2, -0.15) is 0 Å². The van der Waals surface area contributed by atoms with E-state index in [1.165, 1.54) is 24.2 Å². The number of nitrogens with one attached hydrogen (secondary N) is 1. The quantitative estimate of drug-likeness (QED) is 0.803. The first-order valence-electron chi connectivity index (χ1n) is 6.83. The van der Waals surface area contributed by atoms with E-state index in [0.717, 1.165) is 15.9 Å². The Hall–Kier alpha value is -2.28. The Kier molecular flexibility index (Phi) is 2.92. The van der Waals surface area contributed by atoms with E-state index in [1.807, 2.05) is 30.5 Å². The average Bonchev–Trinajstić information content (AvgIpc) is 3.08. The molecule has 1 amide bonds. The lowest BCUT2D eigenvalue weighted by Gasteiger charge is -2.00. The van der Waals surface area contributed by atoms with Crippen molar-refractivity contribution < 1.29 is 4.79 Å². The number of hydrogen-bond donors (Lipinski definition) is 1. The number of carbonyl (C=O) groups excluding carboxylic acids is 1. The van der Waals surface area contributed by atoms with Gasteiger partial charge in [0.05, 0.1) is 15.9 Å². The van der Waals surface area contributed by atoms with E-state index in [1.54, 1.807) is 4.68 Å². The molecule has 106 valence electrons. The number of anilines is 1. The minimum atomic E-state index is -0.138. The van der Waals surface area contributed by atoms with E-state index in [0.29, 0.717) is 11.0 Å². The molecule has 0 saturated heterocycles. The van der Waals surface area contributed by atoms with Crippen LogP contribution in [0.1, 0.15) is 24.5 Å². The summed E-state index contributed by atoms with van der Waals surface area (Å²) in [5.74, 6) is 0.410. The summed E-state index contributed by atoms with van der Waals surface area (Å²) in [6.07, 6.45) is 4.21. The molecule has 1 N–H and O–H groups in total. The molecule has 1 saturated carbocycles. The first-order valence-corrected chi connectivity index (χ1v) is 7.65. The van der Waals surface area contributed by atoms with Crippen LogP contribution in [0.25, 0.3) is 10.2 Å². The first-order chi connectivity index (χ1) is 10.3. The van der Waals surface area contributed by atoms with Crippen LogP contribution in [0, 0.1) is 0 Å². The minimum Gasteiger partial charge on any atom is -0.300 e. The Balaban J connectivity index is 1.44. The summed E-state index contributed by atoms with van der Waals surface area (Å²) in [7, 11) is 0. The molecule has 0 atom stereocenters. The molecule has 0 spiro atoms. The van der Waals surface area contributed by atoms with E-state index < -0.39 is 0 Å². The number of hydrogen-bond acceptors (Lipinski definition) is 5. The summed E-state index contributed by atoms with van der Waals surface area (Å²) >= 11 is 1.47. The molecule has 7 heteroatoms. The molecular weight excluding hydrogens is 286 g/mol. The summed E-state index contributed by atoms with van der Waals surface area (Å²) in [6, 6.07) is 7.81. The van der Waals surface area contributed by atoms with Crippen LogP contribution >= 0.6 is 11.3 Å². The molecule has 2 aromatic heterocycles. The third-order valence-electron chi connectivity index (χ3n) is 3.40. The second kappa shape index (κ2) is 4.92. The third-order valence-corrected chi connectivity index (χ3v) is 4.35. The fourth-order valence-corrected chi connectivity index (χ4v) is 3.07. The van der Waals surface area contributed by atoms with Gasteiger partial charge in [-0.05, 0) is 25.0 Å². The van der Waals surface area contributed by atoms with Crippen molar-refractivity contribution in [2.24, 2.45) is 0 Å². The summed E-state index contributed by atoms with van der Waals surface area (Å²) in [4.78, 5) is 16.4. The summed E-state index contributed by atoms with van der Waals surface area (Å²) in [6.45, 7) is 0.162. The van der Waals surface area contributed by atoms with Gasteiger partial charge < -0.3 is 5.32 Å². The smallest absolute Gasteiger partial charge is 0.247 e. The van der Waals surface area contributed by atoms with Crippen molar-refractivity contribution in [3.05, 3.63) is 36.2 Å². The molecule has 1 fully saturated rings. The van der Waals surface area contributed by atoms with Crippen molar-refractivity contribution in [3.63, 3.8) is 0 Å². The van der Waals surface area contributed by atoms with Crippen LogP contribution < -0.4 is 5.32 Å². The van der Waals surface area contributed by atoms with Gasteiger partial charge in [-0.3, -0.25) is 4.79 Å². The van der Waals surface area contributed by atoms with Crippen molar-refractivity contribution in [2.75, 3.05) is 5.32 Å². The lowest BCUT2D eigenvalue weighted by molar-refractivity contribution is -0.116. The number of rotatable bonds is 4. The highest BCUT2D eigenvalue weighted by Gasteiger charge is 2.26. The van der Waals surface area contributed by atoms with E-state index in [4.69, 9.17) is 0 Å². The van der Waals surface area contributed by atoms with E-state index in [-0.39, 0.29) is 12.5 Å². The van der Waals surface area contributed by atoms with Crippen LogP contribution in [-0.2, 0) is 11.3 Å². The number of fused-ring (bicyclic) bond motifs is 1. The lowest BCUT2D eigenvalue weighted by atomic mass is 10.3. The molecule has 0 radical (unpaired) electrons. The third kappa shape index (κ3) is 2.64.